The van der Waals surface area contributed by atoms with E-state index in [0.29, 0.717) is 28.4 Å². The van der Waals surface area contributed by atoms with Gasteiger partial charge in [-0.3, -0.25) is 14.3 Å². The number of fused-ring (bicyclic) bond motifs is 2. The van der Waals surface area contributed by atoms with Crippen LogP contribution in [0.5, 0.6) is 0 Å². The second kappa shape index (κ2) is 9.98. The highest BCUT2D eigenvalue weighted by Gasteiger charge is 2.64. The molecular formula is C31H31BrN8O2. The number of aryl methyl sites for hydroxylation is 2. The van der Waals surface area contributed by atoms with Crippen LogP contribution in [-0.4, -0.2) is 53.5 Å². The second-order valence-corrected chi connectivity index (χ2v) is 13.0. The number of benzene rings is 1. The average Bonchev–Trinajstić information content (AvgIpc) is 3.32. The van der Waals surface area contributed by atoms with Gasteiger partial charge in [0, 0.05) is 29.4 Å². The predicted molar refractivity (Wildman–Crippen MR) is 161 cm³/mol. The molecule has 1 aromatic carbocycles. The van der Waals surface area contributed by atoms with E-state index in [0.717, 1.165) is 34.0 Å². The van der Waals surface area contributed by atoms with Crippen LogP contribution in [0, 0.1) is 30.6 Å². The molecule has 4 heterocycles. The van der Waals surface area contributed by atoms with Crippen LogP contribution in [0.1, 0.15) is 50.7 Å². The number of rotatable bonds is 6. The summed E-state index contributed by atoms with van der Waals surface area (Å²) in [7, 11) is 0. The van der Waals surface area contributed by atoms with Crippen molar-refractivity contribution in [2.45, 2.75) is 71.5 Å². The van der Waals surface area contributed by atoms with Gasteiger partial charge in [-0.2, -0.15) is 10.4 Å². The van der Waals surface area contributed by atoms with E-state index < -0.39 is 11.5 Å². The van der Waals surface area contributed by atoms with Crippen molar-refractivity contribution in [3.8, 4) is 17.2 Å². The van der Waals surface area contributed by atoms with Crippen LogP contribution < -0.4 is 5.32 Å². The van der Waals surface area contributed by atoms with Gasteiger partial charge in [0.2, 0.25) is 11.8 Å². The molecule has 214 valence electrons. The molecule has 1 aliphatic heterocycles. The number of nitrogens with zero attached hydrogens (tertiary/aromatic N) is 7. The number of nitrogens with one attached hydrogen (secondary N) is 1. The minimum absolute atomic E-state index is 0.00213. The highest BCUT2D eigenvalue weighted by Crippen LogP contribution is 2.59. The van der Waals surface area contributed by atoms with E-state index in [9.17, 15) is 14.9 Å². The third-order valence-corrected chi connectivity index (χ3v) is 8.99. The molecule has 3 aromatic heterocycles. The lowest BCUT2D eigenvalue weighted by atomic mass is 9.88. The number of pyridine rings is 1. The van der Waals surface area contributed by atoms with Crippen LogP contribution in [0.3, 0.4) is 0 Å². The molecule has 42 heavy (non-hydrogen) atoms. The summed E-state index contributed by atoms with van der Waals surface area (Å²) in [5, 5.41) is 18.5. The molecule has 3 atom stereocenters. The first-order chi connectivity index (χ1) is 19.9. The average molecular weight is 628 g/mol. The van der Waals surface area contributed by atoms with Crippen molar-refractivity contribution in [2.75, 3.05) is 5.32 Å². The van der Waals surface area contributed by atoms with Gasteiger partial charge < -0.3 is 10.2 Å². The Kier molecular flexibility index (Phi) is 6.65. The number of piperidine rings is 1. The lowest BCUT2D eigenvalue weighted by Gasteiger charge is -2.27. The van der Waals surface area contributed by atoms with Crippen LogP contribution >= 0.6 is 15.9 Å². The summed E-state index contributed by atoms with van der Waals surface area (Å²) in [4.78, 5) is 42.2. The standard InChI is InChI=1S/C31H31BrN8O2/c1-17-6-9-25(32)36-28(17)37-29(42)23-11-31(5)12-24(31)40(23)26(41)15-39-22-8-7-19(20-13-34-18(2)35-14-20)10-21(22)27(38-39)30(3,4)16-33/h6-10,13-14,23-24H,11-12,15H2,1-5H3,(H,36,37,42)/t23-,24?,31-/m0/s1. The van der Waals surface area contributed by atoms with Gasteiger partial charge in [-0.15, -0.1) is 0 Å². The van der Waals surface area contributed by atoms with Crippen molar-refractivity contribution in [3.63, 3.8) is 0 Å². The van der Waals surface area contributed by atoms with Crippen LogP contribution in [0.15, 0.2) is 47.3 Å². The summed E-state index contributed by atoms with van der Waals surface area (Å²) in [6, 6.07) is 11.3. The Hall–Kier alpha value is -4.17. The molecule has 1 saturated carbocycles. The minimum atomic E-state index is -0.894. The first kappa shape index (κ1) is 28.0. The van der Waals surface area contributed by atoms with Crippen molar-refractivity contribution in [2.24, 2.45) is 5.41 Å². The molecule has 6 rings (SSSR count). The highest BCUT2D eigenvalue weighted by atomic mass is 79.9. The SMILES string of the molecule is Cc1ncc(-c2ccc3c(c2)c(C(C)(C)C#N)nn3CC(=O)N2C3C[C@]3(C)C[C@H]2C(=O)Nc2nc(Br)ccc2C)cn1. The van der Waals surface area contributed by atoms with E-state index in [1.165, 1.54) is 0 Å². The van der Waals surface area contributed by atoms with Gasteiger partial charge in [0.05, 0.1) is 22.7 Å². The Morgan fingerprint density at radius 3 is 2.60 bits per heavy atom. The number of likely N-dealkylation sites (tertiary alicyclic amines) is 1. The first-order valence-corrected chi connectivity index (χ1v) is 14.7. The zero-order valence-electron chi connectivity index (χ0n) is 24.1. The number of carbonyl (C=O) groups is 2. The number of hydrogen-bond donors (Lipinski definition) is 1. The van der Waals surface area contributed by atoms with Crippen molar-refractivity contribution in [1.29, 1.82) is 5.26 Å². The molecule has 0 bridgehead atoms. The Balaban J connectivity index is 1.32. The smallest absolute Gasteiger partial charge is 0.248 e. The fourth-order valence-electron chi connectivity index (χ4n) is 5.94. The predicted octanol–water partition coefficient (Wildman–Crippen LogP) is 5.09. The molecule has 0 radical (unpaired) electrons. The maximum Gasteiger partial charge on any atom is 0.248 e. The number of aromatic nitrogens is 5. The second-order valence-electron chi connectivity index (χ2n) is 12.2. The summed E-state index contributed by atoms with van der Waals surface area (Å²) in [6.45, 7) is 9.43. The fourth-order valence-corrected chi connectivity index (χ4v) is 6.25. The number of halogens is 1. The van der Waals surface area contributed by atoms with E-state index in [2.05, 4.69) is 49.2 Å². The lowest BCUT2D eigenvalue weighted by Crippen LogP contribution is -2.47. The molecule has 1 aliphatic carbocycles. The Bertz CT molecular complexity index is 1790. The maximum atomic E-state index is 14.0. The van der Waals surface area contributed by atoms with Crippen molar-refractivity contribution < 1.29 is 9.59 Å². The van der Waals surface area contributed by atoms with E-state index in [4.69, 9.17) is 5.10 Å². The Morgan fingerprint density at radius 1 is 1.14 bits per heavy atom. The van der Waals surface area contributed by atoms with Crippen LogP contribution in [0.25, 0.3) is 22.0 Å². The number of amides is 2. The first-order valence-electron chi connectivity index (χ1n) is 13.9. The molecule has 4 aromatic rings. The van der Waals surface area contributed by atoms with Crippen molar-refractivity contribution in [1.82, 2.24) is 29.6 Å². The maximum absolute atomic E-state index is 14.0. The number of hydrogen-bond acceptors (Lipinski definition) is 7. The minimum Gasteiger partial charge on any atom is -0.325 e. The molecule has 1 N–H and O–H groups in total. The summed E-state index contributed by atoms with van der Waals surface area (Å²) >= 11 is 3.37. The molecule has 11 heteroatoms. The number of nitriles is 1. The number of anilines is 1. The lowest BCUT2D eigenvalue weighted by molar-refractivity contribution is -0.138. The zero-order chi connectivity index (χ0) is 30.0. The molecule has 2 aliphatic rings. The third-order valence-electron chi connectivity index (χ3n) is 8.55. The monoisotopic (exact) mass is 626 g/mol. The molecule has 1 saturated heterocycles. The van der Waals surface area contributed by atoms with Crippen LogP contribution in [-0.2, 0) is 21.5 Å². The summed E-state index contributed by atoms with van der Waals surface area (Å²) < 4.78 is 2.28. The third kappa shape index (κ3) is 4.83. The molecule has 0 spiro atoms. The molecule has 2 amide bonds. The van der Waals surface area contributed by atoms with Gasteiger partial charge in [0.1, 0.15) is 28.8 Å². The zero-order valence-corrected chi connectivity index (χ0v) is 25.7. The van der Waals surface area contributed by atoms with Gasteiger partial charge >= 0.3 is 0 Å². The Labute approximate surface area is 252 Å². The van der Waals surface area contributed by atoms with E-state index in [1.807, 2.05) is 58.0 Å². The normalized spacial score (nSPS) is 21.2. The van der Waals surface area contributed by atoms with Crippen LogP contribution in [0.4, 0.5) is 5.82 Å². The van der Waals surface area contributed by atoms with Crippen molar-refractivity contribution in [3.05, 3.63) is 64.4 Å². The van der Waals surface area contributed by atoms with Gasteiger partial charge in [-0.1, -0.05) is 19.1 Å². The molecule has 1 unspecified atom stereocenters. The molecular weight excluding hydrogens is 596 g/mol. The van der Waals surface area contributed by atoms with Crippen molar-refractivity contribution >= 4 is 44.5 Å². The van der Waals surface area contributed by atoms with E-state index in [1.54, 1.807) is 22.0 Å². The fraction of sp³-hybridized carbons (Fsp3) is 0.387. The largest absolute Gasteiger partial charge is 0.325 e. The summed E-state index contributed by atoms with van der Waals surface area (Å²) in [5.74, 6) is 0.735. The number of carbonyl (C=O) groups excluding carboxylic acids is 2. The van der Waals surface area contributed by atoms with E-state index in [-0.39, 0.29) is 29.8 Å². The van der Waals surface area contributed by atoms with Crippen LogP contribution in [0.2, 0.25) is 0 Å². The topological polar surface area (TPSA) is 130 Å². The summed E-state index contributed by atoms with van der Waals surface area (Å²) in [5.41, 5.74) is 2.94. The van der Waals surface area contributed by atoms with Gasteiger partial charge in [-0.25, -0.2) is 15.0 Å². The highest BCUT2D eigenvalue weighted by molar-refractivity contribution is 9.10. The quantitative estimate of drug-likeness (QED) is 0.295. The van der Waals surface area contributed by atoms with Gasteiger partial charge in [-0.05, 0) is 91.2 Å². The molecule has 2 fully saturated rings. The Morgan fingerprint density at radius 2 is 1.88 bits per heavy atom. The van der Waals surface area contributed by atoms with E-state index >= 15 is 0 Å². The van der Waals surface area contributed by atoms with Gasteiger partial charge in [0.15, 0.2) is 0 Å². The van der Waals surface area contributed by atoms with Gasteiger partial charge in [0.25, 0.3) is 0 Å². The summed E-state index contributed by atoms with van der Waals surface area (Å²) in [6.07, 6.45) is 4.99. The molecule has 10 nitrogen and oxygen atoms in total.